The largest absolute Gasteiger partial charge is 0.258 e. The van der Waals surface area contributed by atoms with E-state index in [0.717, 1.165) is 26.6 Å². The molecule has 0 saturated carbocycles. The Bertz CT molecular complexity index is 630. The van der Waals surface area contributed by atoms with Crippen molar-refractivity contribution in [2.24, 2.45) is 0 Å². The molecule has 0 aliphatic heterocycles. The zero-order valence-corrected chi connectivity index (χ0v) is 11.1. The summed E-state index contributed by atoms with van der Waals surface area (Å²) in [7, 11) is 0. The first kappa shape index (κ1) is 10.7. The summed E-state index contributed by atoms with van der Waals surface area (Å²) in [6.07, 6.45) is 0. The van der Waals surface area contributed by atoms with Crippen molar-refractivity contribution in [3.05, 3.63) is 46.3 Å². The lowest BCUT2D eigenvalue weighted by atomic mass is 10.2. The zero-order valence-electron chi connectivity index (χ0n) is 8.72. The van der Waals surface area contributed by atoms with E-state index in [1.54, 1.807) is 11.3 Å². The van der Waals surface area contributed by atoms with E-state index in [1.165, 1.54) is 0 Å². The molecular weight excluding hydrogens is 298 g/mol. The van der Waals surface area contributed by atoms with Crippen molar-refractivity contribution < 1.29 is 0 Å². The number of rotatable bonds is 2. The molecule has 5 heteroatoms. The molecule has 0 spiro atoms. The maximum atomic E-state index is 4.50. The lowest BCUT2D eigenvalue weighted by Crippen LogP contribution is -1.79. The van der Waals surface area contributed by atoms with Crippen LogP contribution < -0.4 is 0 Å². The van der Waals surface area contributed by atoms with Crippen molar-refractivity contribution >= 4 is 27.3 Å². The summed E-state index contributed by atoms with van der Waals surface area (Å²) < 4.78 is 1.04. The molecule has 0 aliphatic rings. The summed E-state index contributed by atoms with van der Waals surface area (Å²) in [5, 5.41) is 9.22. The van der Waals surface area contributed by atoms with Crippen molar-refractivity contribution in [3.8, 4) is 22.1 Å². The fraction of sp³-hybridized carbons (Fsp3) is 0. The van der Waals surface area contributed by atoms with Gasteiger partial charge >= 0.3 is 0 Å². The van der Waals surface area contributed by atoms with Crippen LogP contribution in [0.4, 0.5) is 0 Å². The highest BCUT2D eigenvalue weighted by atomic mass is 79.9. The van der Waals surface area contributed by atoms with Crippen LogP contribution in [0.3, 0.4) is 0 Å². The second-order valence-corrected chi connectivity index (χ2v) is 5.24. The van der Waals surface area contributed by atoms with Crippen LogP contribution >= 0.6 is 27.3 Å². The molecular formula is C12H8BrN3S. The minimum Gasteiger partial charge on any atom is -0.258 e. The van der Waals surface area contributed by atoms with Gasteiger partial charge in [0.1, 0.15) is 0 Å². The van der Waals surface area contributed by atoms with E-state index in [9.17, 15) is 0 Å². The molecule has 0 saturated heterocycles. The zero-order chi connectivity index (χ0) is 11.7. The van der Waals surface area contributed by atoms with Crippen LogP contribution in [0.15, 0.2) is 46.3 Å². The fourth-order valence-electron chi connectivity index (χ4n) is 1.54. The van der Waals surface area contributed by atoms with Gasteiger partial charge in [0.05, 0.1) is 4.88 Å². The highest BCUT2D eigenvalue weighted by Crippen LogP contribution is 2.31. The second-order valence-electron chi connectivity index (χ2n) is 3.47. The topological polar surface area (TPSA) is 41.6 Å². The number of aromatic nitrogens is 3. The molecule has 0 unspecified atom stereocenters. The number of halogens is 1. The van der Waals surface area contributed by atoms with Crippen molar-refractivity contribution in [1.29, 1.82) is 0 Å². The molecule has 3 rings (SSSR count). The number of benzene rings is 1. The lowest BCUT2D eigenvalue weighted by molar-refractivity contribution is 1.10. The third-order valence-electron chi connectivity index (χ3n) is 2.35. The van der Waals surface area contributed by atoms with Crippen LogP contribution in [0.25, 0.3) is 22.1 Å². The summed E-state index contributed by atoms with van der Waals surface area (Å²) in [5.74, 6) is 1.52. The van der Waals surface area contributed by atoms with Gasteiger partial charge in [-0.3, -0.25) is 5.10 Å². The van der Waals surface area contributed by atoms with Crippen LogP contribution in [0.5, 0.6) is 0 Å². The Morgan fingerprint density at radius 3 is 2.65 bits per heavy atom. The maximum Gasteiger partial charge on any atom is 0.181 e. The van der Waals surface area contributed by atoms with Crippen LogP contribution in [-0.2, 0) is 0 Å². The highest BCUT2D eigenvalue weighted by molar-refractivity contribution is 9.10. The predicted molar refractivity (Wildman–Crippen MR) is 72.8 cm³/mol. The lowest BCUT2D eigenvalue weighted by Gasteiger charge is -1.92. The van der Waals surface area contributed by atoms with E-state index in [-0.39, 0.29) is 0 Å². The van der Waals surface area contributed by atoms with Gasteiger partial charge in [-0.1, -0.05) is 30.3 Å². The number of nitrogens with one attached hydrogen (secondary N) is 1. The third kappa shape index (κ3) is 2.03. The van der Waals surface area contributed by atoms with Gasteiger partial charge in [0.2, 0.25) is 0 Å². The van der Waals surface area contributed by atoms with Gasteiger partial charge in [-0.05, 0) is 27.4 Å². The Balaban J connectivity index is 2.02. The van der Waals surface area contributed by atoms with Crippen LogP contribution in [0.1, 0.15) is 0 Å². The average molecular weight is 306 g/mol. The van der Waals surface area contributed by atoms with Gasteiger partial charge in [-0.2, -0.15) is 5.10 Å². The average Bonchev–Trinajstić information content (AvgIpc) is 2.98. The normalized spacial score (nSPS) is 10.6. The second kappa shape index (κ2) is 4.43. The molecule has 1 N–H and O–H groups in total. The Kier molecular flexibility index (Phi) is 2.78. The molecule has 0 atom stereocenters. The Morgan fingerprint density at radius 2 is 1.94 bits per heavy atom. The predicted octanol–water partition coefficient (Wildman–Crippen LogP) is 3.96. The summed E-state index contributed by atoms with van der Waals surface area (Å²) in [5.41, 5.74) is 1.02. The van der Waals surface area contributed by atoms with Crippen LogP contribution in [-0.4, -0.2) is 15.2 Å². The number of nitrogens with zero attached hydrogens (tertiary/aromatic N) is 2. The van der Waals surface area contributed by atoms with E-state index in [0.29, 0.717) is 0 Å². The standard InChI is InChI=1S/C12H8BrN3S/c13-9-6-7-17-10(9)12-14-11(15-16-12)8-4-2-1-3-5-8/h1-7H,(H,14,15,16). The van der Waals surface area contributed by atoms with E-state index in [2.05, 4.69) is 31.1 Å². The molecule has 3 nitrogen and oxygen atoms in total. The maximum absolute atomic E-state index is 4.50. The molecule has 17 heavy (non-hydrogen) atoms. The van der Waals surface area contributed by atoms with E-state index in [4.69, 9.17) is 0 Å². The molecule has 0 bridgehead atoms. The van der Waals surface area contributed by atoms with Crippen molar-refractivity contribution in [2.75, 3.05) is 0 Å². The van der Waals surface area contributed by atoms with Crippen LogP contribution in [0.2, 0.25) is 0 Å². The monoisotopic (exact) mass is 305 g/mol. The van der Waals surface area contributed by atoms with Crippen molar-refractivity contribution in [3.63, 3.8) is 0 Å². The molecule has 0 aliphatic carbocycles. The molecule has 0 amide bonds. The number of H-pyrrole nitrogens is 1. The smallest absolute Gasteiger partial charge is 0.181 e. The first-order chi connectivity index (χ1) is 8.34. The first-order valence-corrected chi connectivity index (χ1v) is 6.73. The summed E-state index contributed by atoms with van der Waals surface area (Å²) >= 11 is 5.12. The quantitative estimate of drug-likeness (QED) is 0.778. The number of thiophene rings is 1. The molecule has 3 aromatic rings. The molecule has 1 aromatic carbocycles. The van der Waals surface area contributed by atoms with Gasteiger partial charge in [0, 0.05) is 10.0 Å². The minimum atomic E-state index is 0.723. The summed E-state index contributed by atoms with van der Waals surface area (Å²) in [6.45, 7) is 0. The number of hydrogen-bond acceptors (Lipinski definition) is 3. The molecule has 84 valence electrons. The SMILES string of the molecule is Brc1ccsc1-c1nc(-c2ccccc2)n[nH]1. The Hall–Kier alpha value is -1.46. The van der Waals surface area contributed by atoms with Crippen LogP contribution in [0, 0.1) is 0 Å². The molecule has 2 aromatic heterocycles. The van der Waals surface area contributed by atoms with E-state index >= 15 is 0 Å². The molecule has 2 heterocycles. The van der Waals surface area contributed by atoms with Gasteiger partial charge < -0.3 is 0 Å². The van der Waals surface area contributed by atoms with Gasteiger partial charge in [0.15, 0.2) is 11.6 Å². The Labute approximate surface area is 111 Å². The summed E-state index contributed by atoms with van der Waals surface area (Å²) in [4.78, 5) is 5.57. The molecule has 0 fully saturated rings. The minimum absolute atomic E-state index is 0.723. The molecule has 0 radical (unpaired) electrons. The number of hydrogen-bond donors (Lipinski definition) is 1. The van der Waals surface area contributed by atoms with Gasteiger partial charge in [0.25, 0.3) is 0 Å². The Morgan fingerprint density at radius 1 is 1.12 bits per heavy atom. The van der Waals surface area contributed by atoms with Crippen molar-refractivity contribution in [2.45, 2.75) is 0 Å². The third-order valence-corrected chi connectivity index (χ3v) is 4.19. The summed E-state index contributed by atoms with van der Waals surface area (Å²) in [6, 6.07) is 11.9. The van der Waals surface area contributed by atoms with E-state index < -0.39 is 0 Å². The highest BCUT2D eigenvalue weighted by Gasteiger charge is 2.10. The fourth-order valence-corrected chi connectivity index (χ4v) is 3.04. The van der Waals surface area contributed by atoms with Gasteiger partial charge in [-0.15, -0.1) is 11.3 Å². The van der Waals surface area contributed by atoms with E-state index in [1.807, 2.05) is 41.8 Å². The first-order valence-electron chi connectivity index (χ1n) is 5.06. The van der Waals surface area contributed by atoms with Crippen molar-refractivity contribution in [1.82, 2.24) is 15.2 Å². The van der Waals surface area contributed by atoms with Gasteiger partial charge in [-0.25, -0.2) is 4.98 Å². The number of aromatic amines is 1.